The highest BCUT2D eigenvalue weighted by atomic mass is 16.9. The second-order valence-electron chi connectivity index (χ2n) is 7.80. The molecule has 0 spiro atoms. The lowest BCUT2D eigenvalue weighted by atomic mass is 9.95. The van der Waals surface area contributed by atoms with Crippen LogP contribution in [0.1, 0.15) is 106 Å². The van der Waals surface area contributed by atoms with Crippen LogP contribution in [0.2, 0.25) is 0 Å². The fraction of sp³-hybridized carbons (Fsp3) is 1.00. The summed E-state index contributed by atoms with van der Waals surface area (Å²) in [6.45, 7) is 15.0. The Morgan fingerprint density at radius 3 is 1.46 bits per heavy atom. The van der Waals surface area contributed by atoms with Crippen LogP contribution in [0.15, 0.2) is 0 Å². The maximum Gasteiger partial charge on any atom is 0.296 e. The molecule has 0 aliphatic heterocycles. The van der Waals surface area contributed by atoms with Gasteiger partial charge < -0.3 is 19.5 Å². The summed E-state index contributed by atoms with van der Waals surface area (Å²) in [4.78, 5) is 0. The first-order valence-corrected chi connectivity index (χ1v) is 11.1. The highest BCUT2D eigenvalue weighted by Gasteiger charge is 2.34. The Balaban J connectivity index is 4.06. The van der Waals surface area contributed by atoms with Crippen LogP contribution in [0.4, 0.5) is 0 Å². The van der Waals surface area contributed by atoms with Crippen molar-refractivity contribution in [3.8, 4) is 0 Å². The molecule has 4 heteroatoms. The molecule has 0 fully saturated rings. The smallest absolute Gasteiger partial charge is 0.296 e. The molecule has 0 aromatic rings. The summed E-state index contributed by atoms with van der Waals surface area (Å²) in [6.07, 6.45) is 13.5. The molecule has 0 amide bonds. The number of rotatable bonds is 19. The quantitative estimate of drug-likeness (QED) is 0.221. The first kappa shape index (κ1) is 25.8. The summed E-state index contributed by atoms with van der Waals surface area (Å²) in [6, 6.07) is 0. The number of hydrogen-bond acceptors (Lipinski definition) is 4. The molecule has 4 nitrogen and oxygen atoms in total. The van der Waals surface area contributed by atoms with Gasteiger partial charge in [-0.25, -0.2) is 0 Å². The largest absolute Gasteiger partial charge is 0.327 e. The molecule has 0 rings (SSSR count). The lowest BCUT2D eigenvalue weighted by Gasteiger charge is -2.36. The van der Waals surface area contributed by atoms with Crippen molar-refractivity contribution in [1.29, 1.82) is 0 Å². The summed E-state index contributed by atoms with van der Waals surface area (Å²) in [7, 11) is 0. The third-order valence-corrected chi connectivity index (χ3v) is 4.78. The van der Waals surface area contributed by atoms with E-state index in [-0.39, 0.29) is 5.54 Å². The van der Waals surface area contributed by atoms with E-state index >= 15 is 0 Å². The molecule has 158 valence electrons. The summed E-state index contributed by atoms with van der Waals surface area (Å²) in [5, 5.41) is 3.60. The molecule has 0 aliphatic rings. The van der Waals surface area contributed by atoms with Crippen molar-refractivity contribution in [3.05, 3.63) is 0 Å². The molecule has 0 aromatic carbocycles. The number of ether oxygens (including phenoxy) is 3. The predicted molar refractivity (Wildman–Crippen MR) is 112 cm³/mol. The monoisotopic (exact) mass is 373 g/mol. The van der Waals surface area contributed by atoms with Crippen LogP contribution >= 0.6 is 0 Å². The first-order chi connectivity index (χ1) is 12.4. The minimum Gasteiger partial charge on any atom is -0.327 e. The molecule has 0 unspecified atom stereocenters. The second-order valence-corrected chi connectivity index (χ2v) is 7.80. The fourth-order valence-electron chi connectivity index (χ4n) is 3.25. The first-order valence-electron chi connectivity index (χ1n) is 11.1. The average Bonchev–Trinajstić information content (AvgIpc) is 2.59. The zero-order valence-electron chi connectivity index (χ0n) is 18.6. The summed E-state index contributed by atoms with van der Waals surface area (Å²) in [5.41, 5.74) is 0.0533. The maximum atomic E-state index is 5.80. The van der Waals surface area contributed by atoms with Crippen molar-refractivity contribution >= 4 is 0 Å². The Bertz CT molecular complexity index is 291. The molecule has 0 atom stereocenters. The molecule has 0 heterocycles. The molecule has 0 saturated heterocycles. The molecule has 1 N–H and O–H groups in total. The number of hydrogen-bond donors (Lipinski definition) is 1. The van der Waals surface area contributed by atoms with Gasteiger partial charge in [-0.1, -0.05) is 64.7 Å². The number of nitrogens with one attached hydrogen (secondary N) is 1. The van der Waals surface area contributed by atoms with E-state index in [0.29, 0.717) is 26.4 Å². The van der Waals surface area contributed by atoms with Gasteiger partial charge in [0.1, 0.15) is 0 Å². The lowest BCUT2D eigenvalue weighted by molar-refractivity contribution is -0.373. The molecule has 0 bridgehead atoms. The highest BCUT2D eigenvalue weighted by Crippen LogP contribution is 2.20. The van der Waals surface area contributed by atoms with Crippen LogP contribution < -0.4 is 5.32 Å². The van der Waals surface area contributed by atoms with Crippen molar-refractivity contribution < 1.29 is 14.2 Å². The van der Waals surface area contributed by atoms with E-state index in [2.05, 4.69) is 26.1 Å². The Labute approximate surface area is 163 Å². The molecular weight excluding hydrogens is 326 g/mol. The minimum absolute atomic E-state index is 0.0533. The van der Waals surface area contributed by atoms with Crippen LogP contribution in [-0.2, 0) is 14.2 Å². The van der Waals surface area contributed by atoms with E-state index in [1.54, 1.807) is 0 Å². The van der Waals surface area contributed by atoms with Gasteiger partial charge in [-0.15, -0.1) is 0 Å². The topological polar surface area (TPSA) is 39.7 Å². The zero-order chi connectivity index (χ0) is 19.7. The minimum atomic E-state index is -0.964. The SMILES string of the molecule is CCCCCCCCCCCC(C)(C)NCC(OCC)(OCC)OCC. The Hall–Kier alpha value is -0.160. The van der Waals surface area contributed by atoms with Crippen molar-refractivity contribution in [2.45, 2.75) is 117 Å². The van der Waals surface area contributed by atoms with Crippen LogP contribution in [0.5, 0.6) is 0 Å². The van der Waals surface area contributed by atoms with Crippen molar-refractivity contribution in [1.82, 2.24) is 5.32 Å². The van der Waals surface area contributed by atoms with E-state index in [1.165, 1.54) is 57.8 Å². The summed E-state index contributed by atoms with van der Waals surface area (Å²) < 4.78 is 17.4. The van der Waals surface area contributed by atoms with Crippen LogP contribution in [0.25, 0.3) is 0 Å². The molecule has 26 heavy (non-hydrogen) atoms. The summed E-state index contributed by atoms with van der Waals surface area (Å²) in [5.74, 6) is -0.964. The van der Waals surface area contributed by atoms with Crippen LogP contribution in [-0.4, -0.2) is 37.9 Å². The van der Waals surface area contributed by atoms with Gasteiger partial charge in [-0.05, 0) is 41.0 Å². The predicted octanol–water partition coefficient (Wildman–Crippen LogP) is 6.04. The maximum absolute atomic E-state index is 5.80. The lowest BCUT2D eigenvalue weighted by Crippen LogP contribution is -2.53. The van der Waals surface area contributed by atoms with Gasteiger partial charge >= 0.3 is 0 Å². The van der Waals surface area contributed by atoms with Crippen molar-refractivity contribution in [2.24, 2.45) is 0 Å². The molecular formula is C22H47NO3. The third kappa shape index (κ3) is 13.1. The van der Waals surface area contributed by atoms with E-state index in [4.69, 9.17) is 14.2 Å². The van der Waals surface area contributed by atoms with E-state index < -0.39 is 5.97 Å². The van der Waals surface area contributed by atoms with Gasteiger partial charge in [0.25, 0.3) is 5.97 Å². The van der Waals surface area contributed by atoms with E-state index in [1.807, 2.05) is 20.8 Å². The normalized spacial score (nSPS) is 12.7. The molecule has 0 saturated carbocycles. The molecule has 0 aliphatic carbocycles. The van der Waals surface area contributed by atoms with Gasteiger partial charge in [-0.2, -0.15) is 0 Å². The zero-order valence-corrected chi connectivity index (χ0v) is 18.6. The highest BCUT2D eigenvalue weighted by molar-refractivity contribution is 4.79. The van der Waals surface area contributed by atoms with Crippen molar-refractivity contribution in [3.63, 3.8) is 0 Å². The molecule has 0 aromatic heterocycles. The fourth-order valence-corrected chi connectivity index (χ4v) is 3.25. The van der Waals surface area contributed by atoms with E-state index in [9.17, 15) is 0 Å². The van der Waals surface area contributed by atoms with Crippen LogP contribution in [0, 0.1) is 0 Å². The van der Waals surface area contributed by atoms with Gasteiger partial charge in [0, 0.05) is 25.4 Å². The van der Waals surface area contributed by atoms with E-state index in [0.717, 1.165) is 6.42 Å². The Kier molecular flexibility index (Phi) is 15.8. The summed E-state index contributed by atoms with van der Waals surface area (Å²) >= 11 is 0. The Morgan fingerprint density at radius 2 is 1.04 bits per heavy atom. The van der Waals surface area contributed by atoms with Gasteiger partial charge in [0.05, 0.1) is 6.54 Å². The average molecular weight is 374 g/mol. The van der Waals surface area contributed by atoms with Gasteiger partial charge in [-0.3, -0.25) is 0 Å². The van der Waals surface area contributed by atoms with Crippen LogP contribution in [0.3, 0.4) is 0 Å². The standard InChI is InChI=1S/C22H47NO3/c1-7-11-12-13-14-15-16-17-18-19-21(5,6)23-20-22(24-8-2,25-9-3)26-10-4/h23H,7-20H2,1-6H3. The van der Waals surface area contributed by atoms with Crippen molar-refractivity contribution in [2.75, 3.05) is 26.4 Å². The number of unbranched alkanes of at least 4 members (excludes halogenated alkanes) is 8. The second kappa shape index (κ2) is 15.9. The molecule has 0 radical (unpaired) electrons. The Morgan fingerprint density at radius 1 is 0.615 bits per heavy atom. The third-order valence-electron chi connectivity index (χ3n) is 4.78. The van der Waals surface area contributed by atoms with Gasteiger partial charge in [0.15, 0.2) is 0 Å². The van der Waals surface area contributed by atoms with Gasteiger partial charge in [0.2, 0.25) is 0 Å².